The summed E-state index contributed by atoms with van der Waals surface area (Å²) >= 11 is 1.55. The van der Waals surface area contributed by atoms with Gasteiger partial charge in [-0.15, -0.1) is 11.3 Å². The van der Waals surface area contributed by atoms with Crippen LogP contribution in [0.2, 0.25) is 0 Å². The Hall–Kier alpha value is -0.910. The first kappa shape index (κ1) is 9.64. The van der Waals surface area contributed by atoms with Crippen molar-refractivity contribution in [1.29, 1.82) is 0 Å². The van der Waals surface area contributed by atoms with Gasteiger partial charge < -0.3 is 10.8 Å². The molecule has 0 fully saturated rings. The Balaban J connectivity index is 2.70. The van der Waals surface area contributed by atoms with Gasteiger partial charge in [0.05, 0.1) is 11.4 Å². The molecular formula is C9H13N3OS. The molecule has 76 valence electrons. The van der Waals surface area contributed by atoms with Crippen LogP contribution in [0.3, 0.4) is 0 Å². The molecule has 1 atom stereocenters. The molecule has 2 rings (SSSR count). The third-order valence-corrected chi connectivity index (χ3v) is 3.10. The van der Waals surface area contributed by atoms with Crippen molar-refractivity contribution in [2.24, 2.45) is 5.73 Å². The van der Waals surface area contributed by atoms with E-state index >= 15 is 0 Å². The van der Waals surface area contributed by atoms with Crippen molar-refractivity contribution in [2.75, 3.05) is 6.54 Å². The number of hydrogen-bond donors (Lipinski definition) is 2. The molecule has 0 bridgehead atoms. The number of aromatic nitrogens is 2. The maximum absolute atomic E-state index is 10.1. The van der Waals surface area contributed by atoms with Crippen LogP contribution in [-0.4, -0.2) is 21.0 Å². The van der Waals surface area contributed by atoms with Crippen LogP contribution in [0.1, 0.15) is 18.3 Å². The molecular weight excluding hydrogens is 198 g/mol. The number of hydrogen-bond acceptors (Lipinski definition) is 4. The van der Waals surface area contributed by atoms with Gasteiger partial charge in [0, 0.05) is 18.1 Å². The van der Waals surface area contributed by atoms with Gasteiger partial charge in [-0.05, 0) is 13.8 Å². The van der Waals surface area contributed by atoms with E-state index in [1.165, 1.54) is 0 Å². The summed E-state index contributed by atoms with van der Waals surface area (Å²) in [6.07, 6.45) is 1.90. The van der Waals surface area contributed by atoms with E-state index in [0.29, 0.717) is 0 Å². The van der Waals surface area contributed by atoms with Gasteiger partial charge in [0.1, 0.15) is 5.60 Å². The summed E-state index contributed by atoms with van der Waals surface area (Å²) in [6, 6.07) is 0. The summed E-state index contributed by atoms with van der Waals surface area (Å²) in [5.41, 5.74) is 6.16. The van der Waals surface area contributed by atoms with E-state index in [0.717, 1.165) is 16.3 Å². The molecule has 0 amide bonds. The quantitative estimate of drug-likeness (QED) is 0.774. The minimum atomic E-state index is -1.01. The Bertz CT molecular complexity index is 458. The Labute approximate surface area is 86.0 Å². The highest BCUT2D eigenvalue weighted by molar-refractivity contribution is 7.15. The van der Waals surface area contributed by atoms with Crippen LogP contribution in [0.4, 0.5) is 0 Å². The smallest absolute Gasteiger partial charge is 0.194 e. The number of nitrogens with zero attached hydrogens (tertiary/aromatic N) is 2. The van der Waals surface area contributed by atoms with Gasteiger partial charge in [0.15, 0.2) is 4.96 Å². The number of aliphatic hydroxyl groups is 1. The SMILES string of the molecule is Cc1nc2sccn2c1C(C)(O)CN. The van der Waals surface area contributed by atoms with Crippen LogP contribution >= 0.6 is 11.3 Å². The molecule has 5 heteroatoms. The van der Waals surface area contributed by atoms with Gasteiger partial charge in [0.2, 0.25) is 0 Å². The second-order valence-corrected chi connectivity index (χ2v) is 4.45. The average Bonchev–Trinajstić information content (AvgIpc) is 2.62. The van der Waals surface area contributed by atoms with Crippen LogP contribution in [-0.2, 0) is 5.60 Å². The molecule has 0 saturated carbocycles. The number of thiazole rings is 1. The zero-order valence-electron chi connectivity index (χ0n) is 8.19. The highest BCUT2D eigenvalue weighted by Crippen LogP contribution is 2.26. The average molecular weight is 211 g/mol. The van der Waals surface area contributed by atoms with Crippen LogP contribution in [0.5, 0.6) is 0 Å². The summed E-state index contributed by atoms with van der Waals surface area (Å²) in [5, 5.41) is 12.0. The summed E-state index contributed by atoms with van der Waals surface area (Å²) in [5.74, 6) is 0. The molecule has 14 heavy (non-hydrogen) atoms. The lowest BCUT2D eigenvalue weighted by molar-refractivity contribution is 0.0607. The molecule has 2 aromatic heterocycles. The Kier molecular flexibility index (Phi) is 2.10. The minimum Gasteiger partial charge on any atom is -0.383 e. The van der Waals surface area contributed by atoms with Gasteiger partial charge in [-0.3, -0.25) is 4.40 Å². The van der Waals surface area contributed by atoms with Crippen LogP contribution < -0.4 is 5.73 Å². The normalized spacial score (nSPS) is 16.0. The maximum Gasteiger partial charge on any atom is 0.194 e. The maximum atomic E-state index is 10.1. The zero-order valence-corrected chi connectivity index (χ0v) is 9.01. The summed E-state index contributed by atoms with van der Waals surface area (Å²) in [4.78, 5) is 5.25. The van der Waals surface area contributed by atoms with E-state index in [1.54, 1.807) is 18.3 Å². The molecule has 0 radical (unpaired) electrons. The molecule has 0 aliphatic rings. The Morgan fingerprint density at radius 2 is 2.43 bits per heavy atom. The number of aryl methyl sites for hydroxylation is 1. The molecule has 4 nitrogen and oxygen atoms in total. The van der Waals surface area contributed by atoms with E-state index in [2.05, 4.69) is 4.98 Å². The number of rotatable bonds is 2. The minimum absolute atomic E-state index is 0.192. The van der Waals surface area contributed by atoms with Crippen molar-refractivity contribution in [2.45, 2.75) is 19.4 Å². The van der Waals surface area contributed by atoms with Gasteiger partial charge in [0.25, 0.3) is 0 Å². The molecule has 1 unspecified atom stereocenters. The second kappa shape index (κ2) is 3.05. The fourth-order valence-electron chi connectivity index (χ4n) is 1.64. The van der Waals surface area contributed by atoms with E-state index < -0.39 is 5.60 Å². The number of nitrogens with two attached hydrogens (primary N) is 1. The second-order valence-electron chi connectivity index (χ2n) is 3.58. The molecule has 0 aliphatic carbocycles. The van der Waals surface area contributed by atoms with Crippen molar-refractivity contribution >= 4 is 16.3 Å². The van der Waals surface area contributed by atoms with Crippen molar-refractivity contribution < 1.29 is 5.11 Å². The van der Waals surface area contributed by atoms with Gasteiger partial charge >= 0.3 is 0 Å². The lowest BCUT2D eigenvalue weighted by Gasteiger charge is -2.21. The molecule has 3 N–H and O–H groups in total. The molecule has 2 aromatic rings. The van der Waals surface area contributed by atoms with Crippen molar-refractivity contribution in [3.63, 3.8) is 0 Å². The lowest BCUT2D eigenvalue weighted by atomic mass is 10.0. The highest BCUT2D eigenvalue weighted by Gasteiger charge is 2.28. The van der Waals surface area contributed by atoms with Crippen LogP contribution in [0.15, 0.2) is 11.6 Å². The molecule has 0 saturated heterocycles. The van der Waals surface area contributed by atoms with Crippen molar-refractivity contribution in [3.8, 4) is 0 Å². The third-order valence-electron chi connectivity index (χ3n) is 2.34. The Morgan fingerprint density at radius 3 is 3.07 bits per heavy atom. The molecule has 2 heterocycles. The first-order valence-electron chi connectivity index (χ1n) is 4.41. The van der Waals surface area contributed by atoms with Gasteiger partial charge in [-0.25, -0.2) is 4.98 Å². The van der Waals surface area contributed by atoms with Crippen LogP contribution in [0.25, 0.3) is 4.96 Å². The lowest BCUT2D eigenvalue weighted by Crippen LogP contribution is -2.33. The molecule has 0 spiro atoms. The summed E-state index contributed by atoms with van der Waals surface area (Å²) < 4.78 is 1.90. The summed E-state index contributed by atoms with van der Waals surface area (Å²) in [6.45, 7) is 3.79. The molecule has 0 aromatic carbocycles. The van der Waals surface area contributed by atoms with E-state index in [9.17, 15) is 5.11 Å². The molecule has 0 aliphatic heterocycles. The topological polar surface area (TPSA) is 63.5 Å². The third kappa shape index (κ3) is 1.25. The highest BCUT2D eigenvalue weighted by atomic mass is 32.1. The van der Waals surface area contributed by atoms with E-state index in [1.807, 2.05) is 22.9 Å². The summed E-state index contributed by atoms with van der Waals surface area (Å²) in [7, 11) is 0. The first-order valence-corrected chi connectivity index (χ1v) is 5.29. The first-order chi connectivity index (χ1) is 6.56. The van der Waals surface area contributed by atoms with Crippen LogP contribution in [0, 0.1) is 6.92 Å². The van der Waals surface area contributed by atoms with Gasteiger partial charge in [-0.2, -0.15) is 0 Å². The van der Waals surface area contributed by atoms with E-state index in [4.69, 9.17) is 5.73 Å². The predicted molar refractivity (Wildman–Crippen MR) is 56.4 cm³/mol. The van der Waals surface area contributed by atoms with E-state index in [-0.39, 0.29) is 6.54 Å². The number of fused-ring (bicyclic) bond motifs is 1. The fourth-order valence-corrected chi connectivity index (χ4v) is 2.40. The van der Waals surface area contributed by atoms with Crippen molar-refractivity contribution in [1.82, 2.24) is 9.38 Å². The van der Waals surface area contributed by atoms with Gasteiger partial charge in [-0.1, -0.05) is 0 Å². The largest absolute Gasteiger partial charge is 0.383 e. The zero-order chi connectivity index (χ0) is 10.3. The number of imidazole rings is 1. The standard InChI is InChI=1S/C9H13N3OS/c1-6-7(9(2,13)5-10)12-3-4-14-8(12)11-6/h3-4,13H,5,10H2,1-2H3. The monoisotopic (exact) mass is 211 g/mol. The van der Waals surface area contributed by atoms with Crippen molar-refractivity contribution in [3.05, 3.63) is 23.0 Å². The Morgan fingerprint density at radius 1 is 1.71 bits per heavy atom. The predicted octanol–water partition coefficient (Wildman–Crippen LogP) is 0.870. The fraction of sp³-hybridized carbons (Fsp3) is 0.444.